The second-order valence-electron chi connectivity index (χ2n) is 4.68. The lowest BCUT2D eigenvalue weighted by molar-refractivity contribution is 0.583. The van der Waals surface area contributed by atoms with Gasteiger partial charge < -0.3 is 5.32 Å². The van der Waals surface area contributed by atoms with Gasteiger partial charge in [0.25, 0.3) is 0 Å². The number of hydrogen-bond donors (Lipinski definition) is 1. The molecule has 1 saturated heterocycles. The van der Waals surface area contributed by atoms with Crippen LogP contribution in [0.4, 0.5) is 10.1 Å². The van der Waals surface area contributed by atoms with E-state index in [2.05, 4.69) is 12.2 Å². The molecule has 0 radical (unpaired) electrons. The van der Waals surface area contributed by atoms with E-state index in [1.165, 1.54) is 18.2 Å². The maximum Gasteiger partial charge on any atom is 0.175 e. The van der Waals surface area contributed by atoms with Crippen LogP contribution in [0.15, 0.2) is 23.1 Å². The third-order valence-corrected chi connectivity index (χ3v) is 5.54. The van der Waals surface area contributed by atoms with Crippen LogP contribution in [0.1, 0.15) is 6.92 Å². The van der Waals surface area contributed by atoms with Crippen molar-refractivity contribution < 1.29 is 12.8 Å². The van der Waals surface area contributed by atoms with Crippen molar-refractivity contribution in [2.75, 3.05) is 23.1 Å². The van der Waals surface area contributed by atoms with Crippen LogP contribution in [0.5, 0.6) is 0 Å². The van der Waals surface area contributed by atoms with Crippen molar-refractivity contribution in [2.24, 2.45) is 5.92 Å². The van der Waals surface area contributed by atoms with Gasteiger partial charge in [-0.15, -0.1) is 0 Å². The van der Waals surface area contributed by atoms with Crippen molar-refractivity contribution in [3.8, 4) is 0 Å². The van der Waals surface area contributed by atoms with Gasteiger partial charge in [0.05, 0.1) is 10.6 Å². The van der Waals surface area contributed by atoms with Gasteiger partial charge in [0.15, 0.2) is 9.84 Å². The van der Waals surface area contributed by atoms with Crippen LogP contribution in [0.3, 0.4) is 0 Å². The minimum atomic E-state index is -3.30. The first-order chi connectivity index (χ1) is 8.38. The van der Waals surface area contributed by atoms with E-state index in [4.69, 9.17) is 0 Å². The Morgan fingerprint density at radius 2 is 2.11 bits per heavy atom. The Hall–Kier alpha value is -0.750. The first-order valence-corrected chi connectivity index (χ1v) is 8.76. The number of rotatable bonds is 3. The molecule has 2 unspecified atom stereocenters. The summed E-state index contributed by atoms with van der Waals surface area (Å²) in [6.07, 6.45) is 1.12. The zero-order chi connectivity index (χ0) is 13.3. The van der Waals surface area contributed by atoms with Crippen LogP contribution in [-0.2, 0) is 9.84 Å². The van der Waals surface area contributed by atoms with Gasteiger partial charge in [0.1, 0.15) is 5.82 Å². The van der Waals surface area contributed by atoms with Crippen LogP contribution in [0, 0.1) is 11.7 Å². The van der Waals surface area contributed by atoms with Gasteiger partial charge in [-0.1, -0.05) is 6.92 Å². The molecule has 18 heavy (non-hydrogen) atoms. The van der Waals surface area contributed by atoms with E-state index in [9.17, 15) is 12.8 Å². The summed E-state index contributed by atoms with van der Waals surface area (Å²) in [5, 5.41) is 3.11. The first kappa shape index (κ1) is 13.7. The lowest BCUT2D eigenvalue weighted by Crippen LogP contribution is -2.26. The van der Waals surface area contributed by atoms with E-state index < -0.39 is 15.7 Å². The monoisotopic (exact) mass is 289 g/mol. The highest BCUT2D eigenvalue weighted by atomic mass is 32.2. The van der Waals surface area contributed by atoms with Crippen LogP contribution in [0.2, 0.25) is 0 Å². The highest BCUT2D eigenvalue weighted by Gasteiger charge is 2.24. The number of anilines is 1. The molecule has 100 valence electrons. The molecule has 1 aromatic rings. The van der Waals surface area contributed by atoms with E-state index in [-0.39, 0.29) is 16.6 Å². The third kappa shape index (κ3) is 2.98. The Balaban J connectivity index is 2.27. The van der Waals surface area contributed by atoms with Gasteiger partial charge in [-0.2, -0.15) is 11.8 Å². The fourth-order valence-corrected chi connectivity index (χ4v) is 3.94. The molecule has 1 aromatic carbocycles. The summed E-state index contributed by atoms with van der Waals surface area (Å²) >= 11 is 1.82. The van der Waals surface area contributed by atoms with Gasteiger partial charge in [0, 0.05) is 18.1 Å². The second-order valence-corrected chi connectivity index (χ2v) is 7.77. The second kappa shape index (κ2) is 5.09. The van der Waals surface area contributed by atoms with E-state index in [0.29, 0.717) is 5.92 Å². The summed E-state index contributed by atoms with van der Waals surface area (Å²) in [5.74, 6) is 2.01. The average molecular weight is 289 g/mol. The molecule has 0 aliphatic carbocycles. The zero-order valence-electron chi connectivity index (χ0n) is 10.3. The van der Waals surface area contributed by atoms with Crippen molar-refractivity contribution in [3.05, 3.63) is 24.0 Å². The first-order valence-electron chi connectivity index (χ1n) is 5.72. The predicted octanol–water partition coefficient (Wildman–Crippen LogP) is 2.39. The summed E-state index contributed by atoms with van der Waals surface area (Å²) in [6, 6.07) is 4.06. The third-order valence-electron chi connectivity index (χ3n) is 3.07. The summed E-state index contributed by atoms with van der Waals surface area (Å²) in [6.45, 7) is 2.11. The molecule has 1 aliphatic heterocycles. The van der Waals surface area contributed by atoms with E-state index in [1.54, 1.807) is 0 Å². The summed E-state index contributed by atoms with van der Waals surface area (Å²) in [7, 11) is -3.30. The molecule has 0 saturated carbocycles. The van der Waals surface area contributed by atoms with Crippen molar-refractivity contribution >= 4 is 27.3 Å². The fourth-order valence-electron chi connectivity index (χ4n) is 1.89. The topological polar surface area (TPSA) is 46.2 Å². The molecule has 1 fully saturated rings. The molecule has 0 amide bonds. The Morgan fingerprint density at radius 3 is 2.67 bits per heavy atom. The summed E-state index contributed by atoms with van der Waals surface area (Å²) in [4.78, 5) is 0.143. The van der Waals surface area contributed by atoms with Gasteiger partial charge in [-0.3, -0.25) is 0 Å². The number of thioether (sulfide) groups is 1. The molecule has 3 nitrogen and oxygen atoms in total. The lowest BCUT2D eigenvalue weighted by Gasteiger charge is -2.18. The highest BCUT2D eigenvalue weighted by molar-refractivity contribution is 7.99. The summed E-state index contributed by atoms with van der Waals surface area (Å²) in [5.41, 5.74) is 0.275. The van der Waals surface area contributed by atoms with E-state index in [0.717, 1.165) is 17.8 Å². The van der Waals surface area contributed by atoms with Crippen molar-refractivity contribution in [2.45, 2.75) is 17.9 Å². The van der Waals surface area contributed by atoms with Crippen LogP contribution in [-0.4, -0.2) is 32.2 Å². The van der Waals surface area contributed by atoms with Crippen molar-refractivity contribution in [3.63, 3.8) is 0 Å². The zero-order valence-corrected chi connectivity index (χ0v) is 11.9. The van der Waals surface area contributed by atoms with Gasteiger partial charge in [-0.05, 0) is 29.9 Å². The largest absolute Gasteiger partial charge is 0.379 e. The van der Waals surface area contributed by atoms with Crippen LogP contribution in [0.25, 0.3) is 0 Å². The SMILES string of the molecule is CC1CSCC1Nc1cc(S(C)(=O)=O)ccc1F. The number of sulfone groups is 1. The number of hydrogen-bond acceptors (Lipinski definition) is 4. The molecular formula is C12H16FNO2S2. The molecule has 1 N–H and O–H groups in total. The minimum absolute atomic E-state index is 0.143. The highest BCUT2D eigenvalue weighted by Crippen LogP contribution is 2.28. The Bertz CT molecular complexity index is 545. The molecule has 1 heterocycles. The fraction of sp³-hybridized carbons (Fsp3) is 0.500. The van der Waals surface area contributed by atoms with E-state index >= 15 is 0 Å². The molecule has 2 rings (SSSR count). The van der Waals surface area contributed by atoms with Crippen LogP contribution < -0.4 is 5.32 Å². The molecular weight excluding hydrogens is 273 g/mol. The van der Waals surface area contributed by atoms with Gasteiger partial charge in [-0.25, -0.2) is 12.8 Å². The molecule has 0 spiro atoms. The lowest BCUT2D eigenvalue weighted by atomic mass is 10.1. The van der Waals surface area contributed by atoms with Gasteiger partial charge in [0.2, 0.25) is 0 Å². The maximum absolute atomic E-state index is 13.7. The van der Waals surface area contributed by atoms with Crippen molar-refractivity contribution in [1.82, 2.24) is 0 Å². The standard InChI is InChI=1S/C12H16FNO2S2/c1-8-6-17-7-12(8)14-11-5-9(18(2,15)16)3-4-10(11)13/h3-5,8,12,14H,6-7H2,1-2H3. The minimum Gasteiger partial charge on any atom is -0.379 e. The maximum atomic E-state index is 13.7. The van der Waals surface area contributed by atoms with E-state index in [1.807, 2.05) is 11.8 Å². The molecule has 0 aromatic heterocycles. The average Bonchev–Trinajstić information content (AvgIpc) is 2.66. The molecule has 1 aliphatic rings. The predicted molar refractivity (Wildman–Crippen MR) is 73.4 cm³/mol. The molecule has 0 bridgehead atoms. The normalized spacial score (nSPS) is 24.2. The van der Waals surface area contributed by atoms with Gasteiger partial charge >= 0.3 is 0 Å². The Labute approximate surface area is 111 Å². The van der Waals surface area contributed by atoms with Crippen LogP contribution >= 0.6 is 11.8 Å². The van der Waals surface area contributed by atoms with Crippen molar-refractivity contribution in [1.29, 1.82) is 0 Å². The Morgan fingerprint density at radius 1 is 1.39 bits per heavy atom. The smallest absolute Gasteiger partial charge is 0.175 e. The Kier molecular flexibility index (Phi) is 3.87. The number of benzene rings is 1. The quantitative estimate of drug-likeness (QED) is 0.868. The molecule has 2 atom stereocenters. The summed E-state index contributed by atoms with van der Waals surface area (Å²) < 4.78 is 36.6. The molecule has 6 heteroatoms. The number of nitrogens with one attached hydrogen (secondary N) is 1. The number of halogens is 1.